The van der Waals surface area contributed by atoms with Crippen LogP contribution in [0.3, 0.4) is 0 Å². The fourth-order valence-corrected chi connectivity index (χ4v) is 3.39. The number of nitriles is 1. The van der Waals surface area contributed by atoms with E-state index < -0.39 is 0 Å². The van der Waals surface area contributed by atoms with E-state index >= 15 is 0 Å². The Balaban J connectivity index is 1.47. The molecule has 3 aromatic rings. The second kappa shape index (κ2) is 7.25. The average molecular weight is 366 g/mol. The van der Waals surface area contributed by atoms with Gasteiger partial charge in [0.25, 0.3) is 5.89 Å². The molecule has 2 aromatic heterocycles. The Kier molecular flexibility index (Phi) is 4.65. The average Bonchev–Trinajstić information content (AvgIpc) is 3.37. The number of furan rings is 1. The third kappa shape index (κ3) is 3.44. The number of halogens is 1. The molecule has 138 valence electrons. The molecule has 27 heavy (non-hydrogen) atoms. The molecule has 1 aromatic carbocycles. The lowest BCUT2D eigenvalue weighted by Crippen LogP contribution is -2.47. The smallest absolute Gasteiger partial charge is 0.266 e. The van der Waals surface area contributed by atoms with E-state index in [2.05, 4.69) is 22.9 Å². The van der Waals surface area contributed by atoms with Gasteiger partial charge in [-0.15, -0.1) is 0 Å². The fraction of sp³-hybridized carbons (Fsp3) is 0.300. The summed E-state index contributed by atoms with van der Waals surface area (Å²) >= 11 is 0. The Hall–Kier alpha value is -3.11. The van der Waals surface area contributed by atoms with Crippen LogP contribution in [0.1, 0.15) is 24.2 Å². The maximum atomic E-state index is 13.5. The lowest BCUT2D eigenvalue weighted by molar-refractivity contribution is 0.196. The Morgan fingerprint density at radius 2 is 2.00 bits per heavy atom. The molecule has 0 bridgehead atoms. The molecule has 1 atom stereocenters. The second-order valence-corrected chi connectivity index (χ2v) is 6.52. The first-order valence-corrected chi connectivity index (χ1v) is 8.85. The molecule has 1 aliphatic heterocycles. The van der Waals surface area contributed by atoms with E-state index in [0.29, 0.717) is 30.6 Å². The van der Waals surface area contributed by atoms with Crippen molar-refractivity contribution in [3.63, 3.8) is 0 Å². The topological polar surface area (TPSA) is 69.4 Å². The van der Waals surface area contributed by atoms with Crippen LogP contribution in [0.4, 0.5) is 10.3 Å². The molecule has 0 N–H and O–H groups in total. The number of hydrogen-bond donors (Lipinski definition) is 0. The number of hydrogen-bond acceptors (Lipinski definition) is 6. The number of anilines is 1. The first kappa shape index (κ1) is 17.3. The zero-order valence-corrected chi connectivity index (χ0v) is 14.9. The van der Waals surface area contributed by atoms with Gasteiger partial charge < -0.3 is 13.7 Å². The number of nitrogens with zero attached hydrogens (tertiary/aromatic N) is 4. The summed E-state index contributed by atoms with van der Waals surface area (Å²) in [6.07, 6.45) is 1.54. The van der Waals surface area contributed by atoms with Crippen LogP contribution in [0.2, 0.25) is 0 Å². The number of aromatic nitrogens is 1. The molecule has 1 saturated heterocycles. The number of rotatable bonds is 4. The quantitative estimate of drug-likeness (QED) is 0.699. The van der Waals surface area contributed by atoms with E-state index in [-0.39, 0.29) is 17.6 Å². The standard InChI is InChI=1S/C20H19FN4O2/c1-14(15-4-2-5-16(21)12-15)24-7-9-25(10-8-24)20-17(13-22)23-19(27-20)18-6-3-11-26-18/h2-6,11-12,14H,7-10H2,1H3. The second-order valence-electron chi connectivity index (χ2n) is 6.52. The third-order valence-electron chi connectivity index (χ3n) is 4.93. The molecule has 1 unspecified atom stereocenters. The molecule has 0 radical (unpaired) electrons. The van der Waals surface area contributed by atoms with Crippen molar-refractivity contribution in [3.8, 4) is 17.7 Å². The lowest BCUT2D eigenvalue weighted by Gasteiger charge is -2.38. The molecule has 3 heterocycles. The summed E-state index contributed by atoms with van der Waals surface area (Å²) in [4.78, 5) is 8.55. The summed E-state index contributed by atoms with van der Waals surface area (Å²) in [5.41, 5.74) is 1.22. The minimum atomic E-state index is -0.219. The van der Waals surface area contributed by atoms with Gasteiger partial charge in [-0.1, -0.05) is 12.1 Å². The van der Waals surface area contributed by atoms with E-state index in [1.165, 1.54) is 12.3 Å². The molecular formula is C20H19FN4O2. The zero-order chi connectivity index (χ0) is 18.8. The van der Waals surface area contributed by atoms with Gasteiger partial charge in [-0.2, -0.15) is 10.2 Å². The van der Waals surface area contributed by atoms with Gasteiger partial charge >= 0.3 is 0 Å². The van der Waals surface area contributed by atoms with Crippen LogP contribution in [-0.2, 0) is 0 Å². The lowest BCUT2D eigenvalue weighted by atomic mass is 10.1. The van der Waals surface area contributed by atoms with Gasteiger partial charge in [-0.05, 0) is 36.8 Å². The zero-order valence-electron chi connectivity index (χ0n) is 14.9. The molecule has 0 aliphatic carbocycles. The minimum Gasteiger partial charge on any atom is -0.459 e. The summed E-state index contributed by atoms with van der Waals surface area (Å²) in [7, 11) is 0. The van der Waals surface area contributed by atoms with Gasteiger partial charge in [0.15, 0.2) is 5.76 Å². The monoisotopic (exact) mass is 366 g/mol. The highest BCUT2D eigenvalue weighted by atomic mass is 19.1. The molecule has 6 nitrogen and oxygen atoms in total. The highest BCUT2D eigenvalue weighted by Crippen LogP contribution is 2.30. The van der Waals surface area contributed by atoms with E-state index in [4.69, 9.17) is 8.83 Å². The predicted molar refractivity (Wildman–Crippen MR) is 97.5 cm³/mol. The molecule has 1 fully saturated rings. The van der Waals surface area contributed by atoms with Gasteiger partial charge in [-0.25, -0.2) is 4.39 Å². The molecule has 1 aliphatic rings. The summed E-state index contributed by atoms with van der Waals surface area (Å²) < 4.78 is 24.6. The van der Waals surface area contributed by atoms with Crippen molar-refractivity contribution in [1.29, 1.82) is 5.26 Å². The van der Waals surface area contributed by atoms with Crippen LogP contribution in [0, 0.1) is 17.1 Å². The van der Waals surface area contributed by atoms with E-state index in [1.54, 1.807) is 24.3 Å². The van der Waals surface area contributed by atoms with Crippen molar-refractivity contribution in [2.45, 2.75) is 13.0 Å². The van der Waals surface area contributed by atoms with Crippen LogP contribution in [0.25, 0.3) is 11.7 Å². The van der Waals surface area contributed by atoms with Crippen molar-refractivity contribution < 1.29 is 13.2 Å². The first-order valence-electron chi connectivity index (χ1n) is 8.85. The Bertz CT molecular complexity index is 953. The minimum absolute atomic E-state index is 0.117. The first-order chi connectivity index (χ1) is 13.2. The molecule has 4 rings (SSSR count). The third-order valence-corrected chi connectivity index (χ3v) is 4.93. The highest BCUT2D eigenvalue weighted by molar-refractivity contribution is 5.55. The largest absolute Gasteiger partial charge is 0.459 e. The van der Waals surface area contributed by atoms with Crippen LogP contribution in [0.15, 0.2) is 51.5 Å². The molecule has 7 heteroatoms. The molecule has 0 spiro atoms. The molecule has 0 saturated carbocycles. The van der Waals surface area contributed by atoms with Crippen LogP contribution in [-0.4, -0.2) is 36.1 Å². The predicted octanol–water partition coefficient (Wildman–Crippen LogP) is 3.83. The Morgan fingerprint density at radius 3 is 2.67 bits per heavy atom. The van der Waals surface area contributed by atoms with Gasteiger partial charge in [0.1, 0.15) is 11.9 Å². The van der Waals surface area contributed by atoms with Gasteiger partial charge in [0, 0.05) is 32.2 Å². The van der Waals surface area contributed by atoms with E-state index in [1.807, 2.05) is 11.0 Å². The van der Waals surface area contributed by atoms with E-state index in [0.717, 1.165) is 18.7 Å². The van der Waals surface area contributed by atoms with Crippen molar-refractivity contribution in [3.05, 3.63) is 59.7 Å². The number of oxazole rings is 1. The Morgan fingerprint density at radius 1 is 1.19 bits per heavy atom. The van der Waals surface area contributed by atoms with Crippen molar-refractivity contribution in [1.82, 2.24) is 9.88 Å². The molecule has 0 amide bonds. The highest BCUT2D eigenvalue weighted by Gasteiger charge is 2.27. The van der Waals surface area contributed by atoms with Gasteiger partial charge in [0.05, 0.1) is 6.26 Å². The molecular weight excluding hydrogens is 347 g/mol. The van der Waals surface area contributed by atoms with Crippen molar-refractivity contribution in [2.24, 2.45) is 0 Å². The van der Waals surface area contributed by atoms with Crippen molar-refractivity contribution in [2.75, 3.05) is 31.1 Å². The van der Waals surface area contributed by atoms with Gasteiger partial charge in [-0.3, -0.25) is 4.90 Å². The summed E-state index contributed by atoms with van der Waals surface area (Å²) in [5.74, 6) is 1.06. The number of piperazine rings is 1. The summed E-state index contributed by atoms with van der Waals surface area (Å²) in [6.45, 7) is 5.02. The van der Waals surface area contributed by atoms with E-state index in [9.17, 15) is 9.65 Å². The van der Waals surface area contributed by atoms with Gasteiger partial charge in [0.2, 0.25) is 11.6 Å². The Labute approximate surface area is 156 Å². The summed E-state index contributed by atoms with van der Waals surface area (Å²) in [5, 5.41) is 9.40. The maximum Gasteiger partial charge on any atom is 0.266 e. The fourth-order valence-electron chi connectivity index (χ4n) is 3.39. The summed E-state index contributed by atoms with van der Waals surface area (Å²) in [6, 6.07) is 12.4. The normalized spacial score (nSPS) is 16.3. The van der Waals surface area contributed by atoms with Crippen LogP contribution in [0.5, 0.6) is 0 Å². The maximum absolute atomic E-state index is 13.5. The SMILES string of the molecule is CC(c1cccc(F)c1)N1CCN(c2oc(-c3ccco3)nc2C#N)CC1. The van der Waals surface area contributed by atoms with Crippen LogP contribution < -0.4 is 4.90 Å². The van der Waals surface area contributed by atoms with Crippen LogP contribution >= 0.6 is 0 Å². The van der Waals surface area contributed by atoms with Crippen molar-refractivity contribution >= 4 is 5.88 Å². The number of benzene rings is 1.